The molecule has 2 heterocycles. The van der Waals surface area contributed by atoms with Crippen LogP contribution in [0.25, 0.3) is 5.76 Å². The number of amides is 1. The number of aliphatic hydroxyl groups is 1. The van der Waals surface area contributed by atoms with Crippen LogP contribution in [0.5, 0.6) is 11.5 Å². The SMILES string of the molecule is COc1cccc(N2C(=O)C(=O)/C(=C(\O)c3cc(Cl)cc(Cl)c3OC)C2c2cccs2)c1. The summed E-state index contributed by atoms with van der Waals surface area (Å²) >= 11 is 13.7. The first-order chi connectivity index (χ1) is 15.4. The van der Waals surface area contributed by atoms with Gasteiger partial charge in [0.25, 0.3) is 11.7 Å². The second-order valence-electron chi connectivity index (χ2n) is 6.85. The van der Waals surface area contributed by atoms with E-state index in [0.717, 1.165) is 0 Å². The zero-order valence-electron chi connectivity index (χ0n) is 17.0. The van der Waals surface area contributed by atoms with Crippen LogP contribution < -0.4 is 14.4 Å². The zero-order valence-corrected chi connectivity index (χ0v) is 19.3. The van der Waals surface area contributed by atoms with Gasteiger partial charge in [-0.3, -0.25) is 14.5 Å². The number of hydrogen-bond acceptors (Lipinski definition) is 6. The maximum Gasteiger partial charge on any atom is 0.300 e. The predicted molar refractivity (Wildman–Crippen MR) is 125 cm³/mol. The van der Waals surface area contributed by atoms with Gasteiger partial charge in [0.15, 0.2) is 0 Å². The van der Waals surface area contributed by atoms with Gasteiger partial charge >= 0.3 is 0 Å². The first-order valence-corrected chi connectivity index (χ1v) is 11.0. The van der Waals surface area contributed by atoms with E-state index in [4.69, 9.17) is 32.7 Å². The number of aliphatic hydroxyl groups excluding tert-OH is 1. The average molecular weight is 490 g/mol. The van der Waals surface area contributed by atoms with E-state index in [-0.39, 0.29) is 26.9 Å². The van der Waals surface area contributed by atoms with E-state index in [2.05, 4.69) is 0 Å². The van der Waals surface area contributed by atoms with Gasteiger partial charge in [-0.15, -0.1) is 11.3 Å². The summed E-state index contributed by atoms with van der Waals surface area (Å²) in [6.07, 6.45) is 0. The van der Waals surface area contributed by atoms with Crippen molar-refractivity contribution < 1.29 is 24.2 Å². The van der Waals surface area contributed by atoms with Crippen molar-refractivity contribution in [3.8, 4) is 11.5 Å². The normalized spacial score (nSPS) is 17.6. The summed E-state index contributed by atoms with van der Waals surface area (Å²) in [6.45, 7) is 0. The molecule has 0 aliphatic carbocycles. The summed E-state index contributed by atoms with van der Waals surface area (Å²) in [6, 6.07) is 12.5. The number of hydrogen-bond donors (Lipinski definition) is 1. The van der Waals surface area contributed by atoms with Gasteiger partial charge < -0.3 is 14.6 Å². The topological polar surface area (TPSA) is 76.1 Å². The Kier molecular flexibility index (Phi) is 6.15. The molecular formula is C23H17Cl2NO5S. The highest BCUT2D eigenvalue weighted by atomic mass is 35.5. The van der Waals surface area contributed by atoms with Crippen LogP contribution in [0.4, 0.5) is 5.69 Å². The van der Waals surface area contributed by atoms with Crippen molar-refractivity contribution in [3.63, 3.8) is 0 Å². The molecule has 3 aromatic rings. The highest BCUT2D eigenvalue weighted by Gasteiger charge is 2.47. The Morgan fingerprint density at radius 1 is 1.06 bits per heavy atom. The molecule has 1 aliphatic rings. The molecule has 6 nitrogen and oxygen atoms in total. The van der Waals surface area contributed by atoms with E-state index < -0.39 is 23.5 Å². The summed E-state index contributed by atoms with van der Waals surface area (Å²) in [4.78, 5) is 28.4. The smallest absolute Gasteiger partial charge is 0.300 e. The van der Waals surface area contributed by atoms with Gasteiger partial charge in [0.05, 0.1) is 30.4 Å². The Balaban J connectivity index is 1.98. The molecule has 1 unspecified atom stereocenters. The molecule has 1 aliphatic heterocycles. The fourth-order valence-electron chi connectivity index (χ4n) is 3.66. The summed E-state index contributed by atoms with van der Waals surface area (Å²) in [5.41, 5.74) is 0.493. The minimum atomic E-state index is -0.857. The lowest BCUT2D eigenvalue weighted by molar-refractivity contribution is -0.132. The maximum atomic E-state index is 13.2. The molecule has 9 heteroatoms. The Hall–Kier alpha value is -3.00. The summed E-state index contributed by atoms with van der Waals surface area (Å²) in [7, 11) is 2.90. The van der Waals surface area contributed by atoms with Crippen LogP contribution in [-0.4, -0.2) is 31.0 Å². The Morgan fingerprint density at radius 3 is 2.50 bits per heavy atom. The Labute approximate surface area is 198 Å². The van der Waals surface area contributed by atoms with Gasteiger partial charge in [-0.25, -0.2) is 0 Å². The predicted octanol–water partition coefficient (Wildman–Crippen LogP) is 5.70. The molecule has 1 fully saturated rings. The lowest BCUT2D eigenvalue weighted by atomic mass is 9.99. The molecule has 0 spiro atoms. The van der Waals surface area contributed by atoms with Crippen LogP contribution in [0, 0.1) is 0 Å². The number of nitrogens with zero attached hydrogens (tertiary/aromatic N) is 1. The van der Waals surface area contributed by atoms with Crippen molar-refractivity contribution >= 4 is 57.7 Å². The molecule has 1 aromatic heterocycles. The molecule has 0 radical (unpaired) electrons. The number of halogens is 2. The van der Waals surface area contributed by atoms with Crippen LogP contribution >= 0.6 is 34.5 Å². The lowest BCUT2D eigenvalue weighted by Gasteiger charge is -2.24. The van der Waals surface area contributed by atoms with E-state index in [1.165, 1.54) is 42.6 Å². The molecule has 4 rings (SSSR count). The van der Waals surface area contributed by atoms with Gasteiger partial charge in [0.1, 0.15) is 23.3 Å². The number of ether oxygens (including phenoxy) is 2. The van der Waals surface area contributed by atoms with Crippen molar-refractivity contribution in [3.05, 3.63) is 80.0 Å². The first kappa shape index (κ1) is 22.2. The van der Waals surface area contributed by atoms with Crippen LogP contribution in [-0.2, 0) is 9.59 Å². The molecule has 0 saturated carbocycles. The maximum absolute atomic E-state index is 13.2. The molecule has 0 bridgehead atoms. The van der Waals surface area contributed by atoms with E-state index >= 15 is 0 Å². The molecule has 1 N–H and O–H groups in total. The number of carbonyl (C=O) groups excluding carboxylic acids is 2. The monoisotopic (exact) mass is 489 g/mol. The minimum absolute atomic E-state index is 0.0862. The fourth-order valence-corrected chi connectivity index (χ4v) is 5.06. The molecule has 1 atom stereocenters. The largest absolute Gasteiger partial charge is 0.507 e. The number of benzene rings is 2. The number of ketones is 1. The van der Waals surface area contributed by atoms with Gasteiger partial charge in [-0.1, -0.05) is 35.3 Å². The van der Waals surface area contributed by atoms with Gasteiger partial charge in [0.2, 0.25) is 0 Å². The quantitative estimate of drug-likeness (QED) is 0.282. The third-order valence-corrected chi connectivity index (χ3v) is 6.48. The van der Waals surface area contributed by atoms with E-state index in [1.54, 1.807) is 30.3 Å². The van der Waals surface area contributed by atoms with E-state index in [9.17, 15) is 14.7 Å². The first-order valence-electron chi connectivity index (χ1n) is 9.39. The van der Waals surface area contributed by atoms with Crippen molar-refractivity contribution in [1.29, 1.82) is 0 Å². The van der Waals surface area contributed by atoms with E-state index in [1.807, 2.05) is 11.4 Å². The highest BCUT2D eigenvalue weighted by Crippen LogP contribution is 2.46. The summed E-state index contributed by atoms with van der Waals surface area (Å²) in [5.74, 6) is -1.36. The number of thiophene rings is 1. The molecule has 32 heavy (non-hydrogen) atoms. The van der Waals surface area contributed by atoms with Gasteiger partial charge in [-0.2, -0.15) is 0 Å². The third-order valence-electron chi connectivity index (χ3n) is 5.06. The van der Waals surface area contributed by atoms with Crippen molar-refractivity contribution in [2.24, 2.45) is 0 Å². The standard InChI is InChI=1S/C23H17Cl2NO5S/c1-30-14-6-3-5-13(11-14)26-19(17-7-4-8-32-17)18(21(28)23(26)29)20(27)15-9-12(24)10-16(25)22(15)31-2/h3-11,19,27H,1-2H3/b20-18-. The number of Topliss-reactive ketones (excluding diaryl/α,β-unsaturated/α-hetero) is 1. The van der Waals surface area contributed by atoms with Crippen molar-refractivity contribution in [2.75, 3.05) is 19.1 Å². The van der Waals surface area contributed by atoms with Crippen LogP contribution in [0.3, 0.4) is 0 Å². The van der Waals surface area contributed by atoms with Crippen molar-refractivity contribution in [2.45, 2.75) is 6.04 Å². The number of anilines is 1. The third kappa shape index (κ3) is 3.72. The minimum Gasteiger partial charge on any atom is -0.507 e. The number of rotatable bonds is 5. The van der Waals surface area contributed by atoms with Crippen LogP contribution in [0.15, 0.2) is 59.5 Å². The summed E-state index contributed by atoms with van der Waals surface area (Å²) < 4.78 is 10.6. The molecule has 1 amide bonds. The Bertz CT molecular complexity index is 1240. The molecular weight excluding hydrogens is 473 g/mol. The fraction of sp³-hybridized carbons (Fsp3) is 0.130. The number of carbonyl (C=O) groups is 2. The van der Waals surface area contributed by atoms with Gasteiger partial charge in [-0.05, 0) is 35.7 Å². The zero-order chi connectivity index (χ0) is 23.0. The summed E-state index contributed by atoms with van der Waals surface area (Å²) in [5, 5.41) is 13.5. The van der Waals surface area contributed by atoms with Crippen LogP contribution in [0.1, 0.15) is 16.5 Å². The highest BCUT2D eigenvalue weighted by molar-refractivity contribution is 7.10. The molecule has 164 valence electrons. The number of methoxy groups -OCH3 is 2. The van der Waals surface area contributed by atoms with Crippen LogP contribution in [0.2, 0.25) is 10.0 Å². The second kappa shape index (κ2) is 8.86. The van der Waals surface area contributed by atoms with Gasteiger partial charge in [0, 0.05) is 21.7 Å². The lowest BCUT2D eigenvalue weighted by Crippen LogP contribution is -2.29. The second-order valence-corrected chi connectivity index (χ2v) is 8.68. The van der Waals surface area contributed by atoms with E-state index in [0.29, 0.717) is 16.3 Å². The molecule has 1 saturated heterocycles. The Morgan fingerprint density at radius 2 is 1.84 bits per heavy atom. The average Bonchev–Trinajstić information content (AvgIpc) is 3.40. The van der Waals surface area contributed by atoms with Crippen molar-refractivity contribution in [1.82, 2.24) is 0 Å². The molecule has 2 aromatic carbocycles.